The van der Waals surface area contributed by atoms with Gasteiger partial charge in [-0.05, 0) is 0 Å². The van der Waals surface area contributed by atoms with Crippen molar-refractivity contribution in [3.8, 4) is 0 Å². The molecule has 0 aromatic carbocycles. The summed E-state index contributed by atoms with van der Waals surface area (Å²) in [4.78, 5) is 0. The Morgan fingerprint density at radius 3 is 1.50 bits per heavy atom. The Morgan fingerprint density at radius 2 is 1.50 bits per heavy atom. The van der Waals surface area contributed by atoms with Crippen molar-refractivity contribution in [3.63, 3.8) is 0 Å². The van der Waals surface area contributed by atoms with E-state index in [2.05, 4.69) is 4.74 Å². The lowest BCUT2D eigenvalue weighted by molar-refractivity contribution is 0.475. The topological polar surface area (TPSA) is 12.5 Å². The summed E-state index contributed by atoms with van der Waals surface area (Å²) in [6.45, 7) is 2.00. The molecule has 0 aliphatic carbocycles. The van der Waals surface area contributed by atoms with Crippen LogP contribution in [0.3, 0.4) is 0 Å². The Labute approximate surface area is 23.9 Å². The third-order valence-electron chi connectivity index (χ3n) is 0.204. The van der Waals surface area contributed by atoms with Crippen molar-refractivity contribution in [2.24, 2.45) is 0 Å². The van der Waals surface area contributed by atoms with Gasteiger partial charge in [-0.15, -0.1) is 0 Å². The first-order valence-electron chi connectivity index (χ1n) is 1.08. The zero-order valence-corrected chi connectivity index (χ0v) is 2.23. The Hall–Kier alpha value is -0.110. The molecule has 0 atom stereocenters. The number of hydrogen-bond acceptors (Lipinski definition) is 1. The average Bonchev–Trinajstić information content (AvgIpc) is 1.46. The standard InChI is InChI=1S/C2H4O.FH/c1-2-3-1;/h1-2H2;1H. The van der Waals surface area contributed by atoms with Gasteiger partial charge in [-0.2, -0.15) is 0 Å². The molecule has 0 aromatic rings. The molecule has 0 unspecified atom stereocenters. The van der Waals surface area contributed by atoms with Gasteiger partial charge in [0.25, 0.3) is 0 Å². The Kier molecular flexibility index (Phi) is 1.20. The number of epoxide rings is 1. The summed E-state index contributed by atoms with van der Waals surface area (Å²) >= 11 is 0. The van der Waals surface area contributed by atoms with E-state index in [-0.39, 0.29) is 4.70 Å². The Morgan fingerprint density at radius 1 is 1.25 bits per heavy atom. The Balaban J connectivity index is 0.0000000900. The molecule has 1 aliphatic heterocycles. The van der Waals surface area contributed by atoms with Crippen LogP contribution in [-0.4, -0.2) is 13.2 Å². The summed E-state index contributed by atoms with van der Waals surface area (Å²) in [6.07, 6.45) is 0. The fourth-order valence-corrected chi connectivity index (χ4v) is 0. The van der Waals surface area contributed by atoms with Crippen LogP contribution in [0.2, 0.25) is 0 Å². The van der Waals surface area contributed by atoms with E-state index in [0.29, 0.717) is 0 Å². The predicted octanol–water partition coefficient (Wildman–Crippen LogP) is 0.169. The molecule has 0 bridgehead atoms. The summed E-state index contributed by atoms with van der Waals surface area (Å²) in [6, 6.07) is 0. The van der Waals surface area contributed by atoms with E-state index in [1.54, 1.807) is 0 Å². The molecule has 0 spiro atoms. The molecule has 1 nitrogen and oxygen atoms in total. The maximum Gasteiger partial charge on any atom is 0.0701 e. The number of halogens is 1. The van der Waals surface area contributed by atoms with Crippen LogP contribution >= 0.6 is 0 Å². The summed E-state index contributed by atoms with van der Waals surface area (Å²) in [5, 5.41) is 0. The van der Waals surface area contributed by atoms with Gasteiger partial charge in [0.1, 0.15) is 0 Å². The van der Waals surface area contributed by atoms with Gasteiger partial charge >= 0.3 is 0 Å². The zero-order chi connectivity index (χ0) is 2.12. The van der Waals surface area contributed by atoms with Crippen molar-refractivity contribution in [1.29, 1.82) is 0 Å². The molecule has 0 amide bonds. The lowest BCUT2D eigenvalue weighted by Crippen LogP contribution is -1.20. The minimum atomic E-state index is 0. The van der Waals surface area contributed by atoms with Gasteiger partial charge < -0.3 is 4.74 Å². The normalized spacial score (nSPS) is 18.0. The van der Waals surface area contributed by atoms with Crippen molar-refractivity contribution in [1.82, 2.24) is 0 Å². The molecule has 0 saturated carbocycles. The van der Waals surface area contributed by atoms with Crippen LogP contribution < -0.4 is 0 Å². The van der Waals surface area contributed by atoms with E-state index in [4.69, 9.17) is 0 Å². The van der Waals surface area contributed by atoms with Crippen molar-refractivity contribution >= 4 is 0 Å². The second-order valence-electron chi connectivity index (χ2n) is 0.612. The third kappa shape index (κ3) is 1.89. The smallest absolute Gasteiger partial charge is 0.0701 e. The fraction of sp³-hybridized carbons (Fsp3) is 1.00. The second-order valence-corrected chi connectivity index (χ2v) is 0.612. The average molecular weight is 64.1 g/mol. The molecule has 1 fully saturated rings. The van der Waals surface area contributed by atoms with Crippen LogP contribution in [0.1, 0.15) is 0 Å². The zero-order valence-electron chi connectivity index (χ0n) is 2.23. The van der Waals surface area contributed by atoms with Gasteiger partial charge in [-0.1, -0.05) is 0 Å². The van der Waals surface area contributed by atoms with Gasteiger partial charge in [-0.25, -0.2) is 0 Å². The van der Waals surface area contributed by atoms with Crippen LogP contribution in [0.25, 0.3) is 0 Å². The third-order valence-corrected chi connectivity index (χ3v) is 0.204. The van der Waals surface area contributed by atoms with E-state index < -0.39 is 0 Å². The van der Waals surface area contributed by atoms with E-state index >= 15 is 0 Å². The lowest BCUT2D eigenvalue weighted by atomic mass is 11.0. The van der Waals surface area contributed by atoms with E-state index in [9.17, 15) is 0 Å². The van der Waals surface area contributed by atoms with E-state index in [1.165, 1.54) is 0 Å². The minimum Gasteiger partial charge on any atom is -0.377 e. The van der Waals surface area contributed by atoms with Crippen molar-refractivity contribution in [3.05, 3.63) is 0 Å². The van der Waals surface area contributed by atoms with Gasteiger partial charge in [0.15, 0.2) is 0 Å². The molecule has 1 saturated heterocycles. The van der Waals surface area contributed by atoms with Crippen LogP contribution in [0.15, 0.2) is 0 Å². The van der Waals surface area contributed by atoms with E-state index in [0.717, 1.165) is 13.2 Å². The van der Waals surface area contributed by atoms with Crippen molar-refractivity contribution in [2.75, 3.05) is 13.2 Å². The summed E-state index contributed by atoms with van der Waals surface area (Å²) in [5.41, 5.74) is 0. The van der Waals surface area contributed by atoms with Crippen LogP contribution in [0.4, 0.5) is 4.70 Å². The molecule has 1 rings (SSSR count). The largest absolute Gasteiger partial charge is 0.377 e. The molecule has 1 aliphatic rings. The Bertz CT molecular complexity index is 10.8. The molecule has 4 heavy (non-hydrogen) atoms. The molecule has 26 valence electrons. The quantitative estimate of drug-likeness (QED) is 0.366. The van der Waals surface area contributed by atoms with Gasteiger partial charge in [0, 0.05) is 0 Å². The maximum atomic E-state index is 4.50. The lowest BCUT2D eigenvalue weighted by Gasteiger charge is -1.24. The molecular weight excluding hydrogens is 59.0 g/mol. The van der Waals surface area contributed by atoms with Crippen LogP contribution in [0.5, 0.6) is 0 Å². The van der Waals surface area contributed by atoms with Gasteiger partial charge in [0.2, 0.25) is 0 Å². The van der Waals surface area contributed by atoms with Gasteiger partial charge in [0.05, 0.1) is 13.2 Å². The van der Waals surface area contributed by atoms with Crippen molar-refractivity contribution in [2.45, 2.75) is 0 Å². The number of hydrogen-bond donors (Lipinski definition) is 0. The highest BCUT2D eigenvalue weighted by Gasteiger charge is 1.94. The molecule has 0 radical (unpaired) electrons. The SMILES string of the molecule is C1CO1.F. The second kappa shape index (κ2) is 1.24. The fourth-order valence-electron chi connectivity index (χ4n) is 0. The van der Waals surface area contributed by atoms with Crippen molar-refractivity contribution < 1.29 is 9.44 Å². The number of ether oxygens (including phenoxy) is 1. The molecule has 0 aromatic heterocycles. The maximum absolute atomic E-state index is 4.50. The van der Waals surface area contributed by atoms with E-state index in [1.807, 2.05) is 0 Å². The summed E-state index contributed by atoms with van der Waals surface area (Å²) < 4.78 is 4.50. The van der Waals surface area contributed by atoms with Gasteiger partial charge in [-0.3, -0.25) is 4.70 Å². The predicted molar refractivity (Wildman–Crippen MR) is 13.3 cm³/mol. The summed E-state index contributed by atoms with van der Waals surface area (Å²) in [5.74, 6) is 0. The molecule has 1 heterocycles. The highest BCUT2D eigenvalue weighted by molar-refractivity contribution is 4.36. The molecule has 2 heteroatoms. The summed E-state index contributed by atoms with van der Waals surface area (Å²) in [7, 11) is 0. The first kappa shape index (κ1) is 3.89. The first-order chi connectivity index (χ1) is 1.50. The molecular formula is C2H5FO. The molecule has 0 N–H and O–H groups in total. The van der Waals surface area contributed by atoms with Crippen LogP contribution in [0, 0.1) is 0 Å². The number of rotatable bonds is 0. The monoisotopic (exact) mass is 64.0 g/mol. The highest BCUT2D eigenvalue weighted by atomic mass is 19.0. The first-order valence-corrected chi connectivity index (χ1v) is 1.08. The highest BCUT2D eigenvalue weighted by Crippen LogP contribution is 1.84. The minimum absolute atomic E-state index is 0. The van der Waals surface area contributed by atoms with Crippen LogP contribution in [-0.2, 0) is 4.74 Å².